The molecule has 3 nitrogen and oxygen atoms in total. The van der Waals surface area contributed by atoms with Gasteiger partial charge < -0.3 is 5.73 Å². The zero-order chi connectivity index (χ0) is 10.8. The summed E-state index contributed by atoms with van der Waals surface area (Å²) in [6.45, 7) is 0. The van der Waals surface area contributed by atoms with Crippen LogP contribution in [-0.4, -0.2) is 9.78 Å². The molecule has 0 saturated heterocycles. The van der Waals surface area contributed by atoms with Crippen LogP contribution in [0.2, 0.25) is 0 Å². The largest absolute Gasteiger partial charge is 0.384 e. The van der Waals surface area contributed by atoms with Crippen molar-refractivity contribution in [1.82, 2.24) is 9.78 Å². The van der Waals surface area contributed by atoms with Crippen LogP contribution in [0.15, 0.2) is 34.9 Å². The molecule has 2 N–H and O–H groups in total. The zero-order valence-electron chi connectivity index (χ0n) is 8.44. The Kier molecular flexibility index (Phi) is 2.77. The number of hydrogen-bond acceptors (Lipinski definition) is 2. The maximum atomic E-state index is 5.88. The second-order valence-electron chi connectivity index (χ2n) is 3.49. The summed E-state index contributed by atoms with van der Waals surface area (Å²) >= 11 is 3.45. The van der Waals surface area contributed by atoms with Crippen molar-refractivity contribution >= 4 is 21.7 Å². The number of aryl methyl sites for hydroxylation is 1. The predicted molar refractivity (Wildman–Crippen MR) is 64.6 cm³/mol. The number of nitrogens with zero attached hydrogens (tertiary/aromatic N) is 2. The van der Waals surface area contributed by atoms with Crippen molar-refractivity contribution in [3.05, 3.63) is 46.1 Å². The average molecular weight is 266 g/mol. The highest BCUT2D eigenvalue weighted by atomic mass is 79.9. The van der Waals surface area contributed by atoms with Crippen molar-refractivity contribution in [2.24, 2.45) is 7.05 Å². The Bertz CT molecular complexity index is 476. The number of hydrogen-bond donors (Lipinski definition) is 1. The van der Waals surface area contributed by atoms with Gasteiger partial charge in [0, 0.05) is 23.5 Å². The molecule has 1 aromatic carbocycles. The highest BCUT2D eigenvalue weighted by Crippen LogP contribution is 2.18. The van der Waals surface area contributed by atoms with Gasteiger partial charge in [-0.05, 0) is 17.7 Å². The minimum Gasteiger partial charge on any atom is -0.384 e. The van der Waals surface area contributed by atoms with E-state index in [1.54, 1.807) is 4.68 Å². The van der Waals surface area contributed by atoms with Gasteiger partial charge in [-0.3, -0.25) is 4.68 Å². The molecule has 0 aliphatic carbocycles. The molecule has 0 fully saturated rings. The number of nitrogen functional groups attached to an aromatic ring is 1. The third-order valence-corrected chi connectivity index (χ3v) is 2.84. The molecule has 2 rings (SSSR count). The van der Waals surface area contributed by atoms with Crippen LogP contribution in [0.5, 0.6) is 0 Å². The monoisotopic (exact) mass is 265 g/mol. The quantitative estimate of drug-likeness (QED) is 0.906. The Morgan fingerprint density at radius 1 is 1.47 bits per heavy atom. The first-order chi connectivity index (χ1) is 7.16. The fourth-order valence-electron chi connectivity index (χ4n) is 1.50. The molecule has 0 bridgehead atoms. The summed E-state index contributed by atoms with van der Waals surface area (Å²) in [7, 11) is 1.85. The molecule has 0 unspecified atom stereocenters. The SMILES string of the molecule is Cn1ncc(Cc2cccc(Br)c2)c1N. The second kappa shape index (κ2) is 4.06. The van der Waals surface area contributed by atoms with Crippen LogP contribution in [0.25, 0.3) is 0 Å². The van der Waals surface area contributed by atoms with Gasteiger partial charge in [0.05, 0.1) is 6.20 Å². The van der Waals surface area contributed by atoms with Gasteiger partial charge in [-0.1, -0.05) is 28.1 Å². The average Bonchev–Trinajstić information content (AvgIpc) is 2.50. The fourth-order valence-corrected chi connectivity index (χ4v) is 1.94. The summed E-state index contributed by atoms with van der Waals surface area (Å²) in [4.78, 5) is 0. The van der Waals surface area contributed by atoms with Gasteiger partial charge in [-0.25, -0.2) is 0 Å². The first-order valence-electron chi connectivity index (χ1n) is 4.67. The standard InChI is InChI=1S/C11H12BrN3/c1-15-11(13)9(7-14-15)5-8-3-2-4-10(12)6-8/h2-4,6-7H,5,13H2,1H3. The molecule has 2 aromatic rings. The van der Waals surface area contributed by atoms with Crippen LogP contribution in [0.4, 0.5) is 5.82 Å². The van der Waals surface area contributed by atoms with Crippen LogP contribution < -0.4 is 5.73 Å². The lowest BCUT2D eigenvalue weighted by Crippen LogP contribution is -2.00. The molecule has 0 amide bonds. The molecule has 0 aliphatic heterocycles. The zero-order valence-corrected chi connectivity index (χ0v) is 10.0. The minimum atomic E-state index is 0.731. The van der Waals surface area contributed by atoms with Crippen molar-refractivity contribution in [3.63, 3.8) is 0 Å². The number of aromatic nitrogens is 2. The molecule has 1 heterocycles. The van der Waals surface area contributed by atoms with Gasteiger partial charge >= 0.3 is 0 Å². The van der Waals surface area contributed by atoms with E-state index in [2.05, 4.69) is 33.2 Å². The van der Waals surface area contributed by atoms with E-state index in [1.165, 1.54) is 5.56 Å². The summed E-state index contributed by atoms with van der Waals surface area (Å²) in [5, 5.41) is 4.11. The molecule has 0 aliphatic rings. The number of nitrogens with two attached hydrogens (primary N) is 1. The van der Waals surface area contributed by atoms with E-state index < -0.39 is 0 Å². The van der Waals surface area contributed by atoms with Gasteiger partial charge in [-0.2, -0.15) is 5.10 Å². The maximum absolute atomic E-state index is 5.88. The molecule has 4 heteroatoms. The van der Waals surface area contributed by atoms with E-state index in [0.717, 1.165) is 22.3 Å². The van der Waals surface area contributed by atoms with E-state index in [0.29, 0.717) is 0 Å². The summed E-state index contributed by atoms with van der Waals surface area (Å²) in [6, 6.07) is 8.20. The molecule has 0 spiro atoms. The molecule has 0 radical (unpaired) electrons. The summed E-state index contributed by atoms with van der Waals surface area (Å²) in [5.41, 5.74) is 8.17. The van der Waals surface area contributed by atoms with Crippen LogP contribution in [0.1, 0.15) is 11.1 Å². The summed E-state index contributed by atoms with van der Waals surface area (Å²) < 4.78 is 2.77. The minimum absolute atomic E-state index is 0.731. The van der Waals surface area contributed by atoms with Crippen molar-refractivity contribution in [3.8, 4) is 0 Å². The molecule has 15 heavy (non-hydrogen) atoms. The van der Waals surface area contributed by atoms with Crippen LogP contribution >= 0.6 is 15.9 Å². The normalized spacial score (nSPS) is 10.5. The Labute approximate surface area is 97.0 Å². The van der Waals surface area contributed by atoms with Crippen LogP contribution in [0.3, 0.4) is 0 Å². The Hall–Kier alpha value is -1.29. The highest BCUT2D eigenvalue weighted by Gasteiger charge is 2.05. The van der Waals surface area contributed by atoms with E-state index in [1.807, 2.05) is 25.4 Å². The molecule has 1 aromatic heterocycles. The molecule has 0 atom stereocenters. The second-order valence-corrected chi connectivity index (χ2v) is 4.40. The van der Waals surface area contributed by atoms with Gasteiger partial charge in [0.2, 0.25) is 0 Å². The van der Waals surface area contributed by atoms with Gasteiger partial charge in [0.25, 0.3) is 0 Å². The first kappa shape index (κ1) is 10.2. The summed E-state index contributed by atoms with van der Waals surface area (Å²) in [6.07, 6.45) is 2.63. The molecular weight excluding hydrogens is 254 g/mol. The molecule has 0 saturated carbocycles. The lowest BCUT2D eigenvalue weighted by molar-refractivity contribution is 0.778. The fraction of sp³-hybridized carbons (Fsp3) is 0.182. The highest BCUT2D eigenvalue weighted by molar-refractivity contribution is 9.10. The lowest BCUT2D eigenvalue weighted by atomic mass is 10.1. The predicted octanol–water partition coefficient (Wildman–Crippen LogP) is 2.36. The number of rotatable bonds is 2. The van der Waals surface area contributed by atoms with Crippen molar-refractivity contribution < 1.29 is 0 Å². The number of benzene rings is 1. The Balaban J connectivity index is 2.26. The van der Waals surface area contributed by atoms with Gasteiger partial charge in [0.1, 0.15) is 5.82 Å². The van der Waals surface area contributed by atoms with Crippen LogP contribution in [-0.2, 0) is 13.5 Å². The van der Waals surface area contributed by atoms with Crippen LogP contribution in [0, 0.1) is 0 Å². The van der Waals surface area contributed by atoms with E-state index >= 15 is 0 Å². The van der Waals surface area contributed by atoms with E-state index in [9.17, 15) is 0 Å². The number of halogens is 1. The third-order valence-electron chi connectivity index (χ3n) is 2.35. The molecule has 78 valence electrons. The lowest BCUT2D eigenvalue weighted by Gasteiger charge is -2.01. The summed E-state index contributed by atoms with van der Waals surface area (Å²) in [5.74, 6) is 0.731. The first-order valence-corrected chi connectivity index (χ1v) is 5.47. The number of anilines is 1. The van der Waals surface area contributed by atoms with Crippen molar-refractivity contribution in [1.29, 1.82) is 0 Å². The maximum Gasteiger partial charge on any atom is 0.124 e. The smallest absolute Gasteiger partial charge is 0.124 e. The third kappa shape index (κ3) is 2.21. The topological polar surface area (TPSA) is 43.8 Å². The van der Waals surface area contributed by atoms with Gasteiger partial charge in [0.15, 0.2) is 0 Å². The Morgan fingerprint density at radius 2 is 2.27 bits per heavy atom. The van der Waals surface area contributed by atoms with Gasteiger partial charge in [-0.15, -0.1) is 0 Å². The van der Waals surface area contributed by atoms with E-state index in [-0.39, 0.29) is 0 Å². The van der Waals surface area contributed by atoms with Crippen molar-refractivity contribution in [2.45, 2.75) is 6.42 Å². The molecular formula is C11H12BrN3. The Morgan fingerprint density at radius 3 is 2.87 bits per heavy atom. The van der Waals surface area contributed by atoms with E-state index in [4.69, 9.17) is 5.73 Å². The van der Waals surface area contributed by atoms with Crippen molar-refractivity contribution in [2.75, 3.05) is 5.73 Å².